The molecule has 4 nitrogen and oxygen atoms in total. The average molecular weight is 590 g/mol. The molecule has 0 spiro atoms. The molecule has 1 amide bonds. The molecular weight excluding hydrogens is 556 g/mol. The van der Waals surface area contributed by atoms with E-state index in [2.05, 4.69) is 34.2 Å². The topological polar surface area (TPSA) is 35.6 Å². The van der Waals surface area contributed by atoms with E-state index in [-0.39, 0.29) is 11.6 Å². The Morgan fingerprint density at radius 3 is 1.95 bits per heavy atom. The van der Waals surface area contributed by atoms with E-state index < -0.39 is 35.0 Å². The van der Waals surface area contributed by atoms with Gasteiger partial charge in [0.25, 0.3) is 5.91 Å². The van der Waals surface area contributed by atoms with E-state index in [1.54, 1.807) is 12.1 Å². The quantitative estimate of drug-likeness (QED) is 0.305. The molecule has 10 heteroatoms. The second-order valence-corrected chi connectivity index (χ2v) is 11.4. The number of hydrogen-bond donors (Lipinski definition) is 1. The Morgan fingerprint density at radius 2 is 1.38 bits per heavy atom. The number of amides is 1. The predicted octanol–water partition coefficient (Wildman–Crippen LogP) is 8.20. The lowest BCUT2D eigenvalue weighted by molar-refractivity contribution is -0.143. The third-order valence-electron chi connectivity index (χ3n) is 8.62. The molecule has 2 aliphatic rings. The van der Waals surface area contributed by atoms with Gasteiger partial charge in [0.05, 0.1) is 11.1 Å². The van der Waals surface area contributed by atoms with Crippen LogP contribution in [-0.2, 0) is 17.9 Å². The number of piperazine rings is 1. The lowest BCUT2D eigenvalue weighted by Crippen LogP contribution is -2.56. The SMILES string of the molecule is C[C@H]1CC[C@](c2cccc(NC(=O)c3cc(C(F)(F)F)cc(C(F)(F)F)c3)c2)(N2CCN(c3ccccc3)CC2)CC1. The van der Waals surface area contributed by atoms with Crippen molar-refractivity contribution in [1.29, 1.82) is 0 Å². The van der Waals surface area contributed by atoms with Crippen molar-refractivity contribution in [1.82, 2.24) is 4.90 Å². The molecule has 1 N–H and O–H groups in total. The number of nitrogens with zero attached hydrogens (tertiary/aromatic N) is 2. The standard InChI is InChI=1S/C32H33F6N3O/c1-22-10-12-30(13-11-22,41-16-14-40(15-17-41)28-8-3-2-4-9-28)24-6-5-7-27(21-24)39-29(42)23-18-25(31(33,34)35)20-26(19-23)32(36,37)38/h2-9,18-22H,10-17H2,1H3,(H,39,42)/t22-,30-. The smallest absolute Gasteiger partial charge is 0.369 e. The van der Waals surface area contributed by atoms with Crippen LogP contribution in [0.3, 0.4) is 0 Å². The van der Waals surface area contributed by atoms with Crippen molar-refractivity contribution in [3.8, 4) is 0 Å². The Morgan fingerprint density at radius 1 is 0.786 bits per heavy atom. The van der Waals surface area contributed by atoms with Gasteiger partial charge in [-0.05, 0) is 79.6 Å². The molecule has 224 valence electrons. The van der Waals surface area contributed by atoms with Crippen LogP contribution in [0.1, 0.15) is 59.7 Å². The van der Waals surface area contributed by atoms with E-state index >= 15 is 0 Å². The van der Waals surface area contributed by atoms with Crippen LogP contribution < -0.4 is 10.2 Å². The summed E-state index contributed by atoms with van der Waals surface area (Å²) in [5.41, 5.74) is -1.56. The van der Waals surface area contributed by atoms with E-state index in [0.717, 1.165) is 57.4 Å². The van der Waals surface area contributed by atoms with Gasteiger partial charge < -0.3 is 10.2 Å². The van der Waals surface area contributed by atoms with Gasteiger partial charge in [-0.3, -0.25) is 9.69 Å². The Hall–Kier alpha value is -3.53. The maximum Gasteiger partial charge on any atom is 0.416 e. The molecule has 5 rings (SSSR count). The van der Waals surface area contributed by atoms with Crippen LogP contribution in [0, 0.1) is 5.92 Å². The number of rotatable bonds is 5. The van der Waals surface area contributed by atoms with Gasteiger partial charge in [0.1, 0.15) is 0 Å². The van der Waals surface area contributed by atoms with Crippen molar-refractivity contribution in [3.63, 3.8) is 0 Å². The third-order valence-corrected chi connectivity index (χ3v) is 8.62. The molecule has 1 saturated carbocycles. The summed E-state index contributed by atoms with van der Waals surface area (Å²) < 4.78 is 80.1. The van der Waals surface area contributed by atoms with E-state index in [0.29, 0.717) is 23.7 Å². The minimum atomic E-state index is -5.04. The third kappa shape index (κ3) is 6.43. The van der Waals surface area contributed by atoms with Gasteiger partial charge in [0.2, 0.25) is 0 Å². The summed E-state index contributed by atoms with van der Waals surface area (Å²) in [6, 6.07) is 18.3. The Balaban J connectivity index is 1.40. The van der Waals surface area contributed by atoms with Crippen molar-refractivity contribution in [2.45, 2.75) is 50.5 Å². The number of hydrogen-bond acceptors (Lipinski definition) is 3. The monoisotopic (exact) mass is 589 g/mol. The van der Waals surface area contributed by atoms with E-state index in [1.807, 2.05) is 30.3 Å². The molecule has 0 atom stereocenters. The van der Waals surface area contributed by atoms with Gasteiger partial charge in [0, 0.05) is 48.7 Å². The Kier molecular flexibility index (Phi) is 8.29. The molecule has 0 radical (unpaired) electrons. The van der Waals surface area contributed by atoms with Crippen LogP contribution in [0.4, 0.5) is 37.7 Å². The summed E-state index contributed by atoms with van der Waals surface area (Å²) in [5, 5.41) is 2.55. The van der Waals surface area contributed by atoms with Crippen molar-refractivity contribution >= 4 is 17.3 Å². The van der Waals surface area contributed by atoms with Crippen LogP contribution in [0.25, 0.3) is 0 Å². The van der Waals surface area contributed by atoms with Gasteiger partial charge in [-0.2, -0.15) is 26.3 Å². The van der Waals surface area contributed by atoms with Crippen molar-refractivity contribution < 1.29 is 31.1 Å². The number of alkyl halides is 6. The first-order chi connectivity index (χ1) is 19.8. The predicted molar refractivity (Wildman–Crippen MR) is 150 cm³/mol. The fraction of sp³-hybridized carbons (Fsp3) is 0.406. The average Bonchev–Trinajstić information content (AvgIpc) is 2.97. The molecule has 1 aliphatic carbocycles. The Labute approximate surface area is 241 Å². The lowest BCUT2D eigenvalue weighted by Gasteiger charge is -2.51. The fourth-order valence-corrected chi connectivity index (χ4v) is 6.23. The second-order valence-electron chi connectivity index (χ2n) is 11.4. The highest BCUT2D eigenvalue weighted by molar-refractivity contribution is 6.04. The highest BCUT2D eigenvalue weighted by Gasteiger charge is 2.42. The second kappa shape index (κ2) is 11.6. The van der Waals surface area contributed by atoms with E-state index in [4.69, 9.17) is 0 Å². The molecule has 1 heterocycles. The number of anilines is 2. The maximum atomic E-state index is 13.3. The van der Waals surface area contributed by atoms with Gasteiger partial charge in [0.15, 0.2) is 0 Å². The molecule has 3 aromatic rings. The first-order valence-corrected chi connectivity index (χ1v) is 14.1. The van der Waals surface area contributed by atoms with Crippen LogP contribution >= 0.6 is 0 Å². The summed E-state index contributed by atoms with van der Waals surface area (Å²) in [4.78, 5) is 17.9. The summed E-state index contributed by atoms with van der Waals surface area (Å²) in [5.74, 6) is -0.457. The van der Waals surface area contributed by atoms with Crippen LogP contribution in [0.15, 0.2) is 72.8 Å². The van der Waals surface area contributed by atoms with Gasteiger partial charge in [-0.25, -0.2) is 0 Å². The molecule has 1 saturated heterocycles. The van der Waals surface area contributed by atoms with Gasteiger partial charge in [-0.1, -0.05) is 37.3 Å². The number of carbonyl (C=O) groups is 1. The summed E-state index contributed by atoms with van der Waals surface area (Å²) in [7, 11) is 0. The zero-order valence-corrected chi connectivity index (χ0v) is 23.2. The molecule has 0 unspecified atom stereocenters. The number of para-hydroxylation sites is 1. The Bertz CT molecular complexity index is 1360. The molecule has 2 fully saturated rings. The first kappa shape index (κ1) is 29.9. The molecule has 0 bridgehead atoms. The lowest BCUT2D eigenvalue weighted by atomic mass is 9.71. The van der Waals surface area contributed by atoms with Crippen molar-refractivity contribution in [2.24, 2.45) is 5.92 Å². The molecule has 0 aromatic heterocycles. The summed E-state index contributed by atoms with van der Waals surface area (Å²) in [6.07, 6.45) is -6.19. The fourth-order valence-electron chi connectivity index (χ4n) is 6.23. The van der Waals surface area contributed by atoms with Gasteiger partial charge >= 0.3 is 12.4 Å². The molecule has 3 aromatic carbocycles. The number of halogens is 6. The number of benzene rings is 3. The highest BCUT2D eigenvalue weighted by atomic mass is 19.4. The van der Waals surface area contributed by atoms with E-state index in [1.165, 1.54) is 5.69 Å². The van der Waals surface area contributed by atoms with Gasteiger partial charge in [-0.15, -0.1) is 0 Å². The number of nitrogens with one attached hydrogen (secondary N) is 1. The summed E-state index contributed by atoms with van der Waals surface area (Å²) in [6.45, 7) is 5.62. The van der Waals surface area contributed by atoms with Crippen LogP contribution in [0.5, 0.6) is 0 Å². The minimum Gasteiger partial charge on any atom is -0.369 e. The zero-order chi connectivity index (χ0) is 30.1. The molecule has 1 aliphatic heterocycles. The van der Waals surface area contributed by atoms with Crippen LogP contribution in [0.2, 0.25) is 0 Å². The highest BCUT2D eigenvalue weighted by Crippen LogP contribution is 2.45. The summed E-state index contributed by atoms with van der Waals surface area (Å²) >= 11 is 0. The van der Waals surface area contributed by atoms with Crippen molar-refractivity contribution in [3.05, 3.63) is 95.1 Å². The molecule has 42 heavy (non-hydrogen) atoms. The van der Waals surface area contributed by atoms with Crippen LogP contribution in [-0.4, -0.2) is 37.0 Å². The maximum absolute atomic E-state index is 13.3. The molecular formula is C32H33F6N3O. The number of carbonyl (C=O) groups excluding carboxylic acids is 1. The minimum absolute atomic E-state index is 0.0166. The normalized spacial score (nSPS) is 22.2. The largest absolute Gasteiger partial charge is 0.416 e. The zero-order valence-electron chi connectivity index (χ0n) is 23.2. The first-order valence-electron chi connectivity index (χ1n) is 14.1. The van der Waals surface area contributed by atoms with E-state index in [9.17, 15) is 31.1 Å². The van der Waals surface area contributed by atoms with Crippen molar-refractivity contribution in [2.75, 3.05) is 36.4 Å².